The first-order valence-electron chi connectivity index (χ1n) is 6.35. The van der Waals surface area contributed by atoms with Crippen molar-refractivity contribution in [1.29, 1.82) is 0 Å². The largest absolute Gasteiger partial charge is 0.341 e. The molecule has 0 atom stereocenters. The normalized spacial score (nSPS) is 10.9. The molecule has 19 heavy (non-hydrogen) atoms. The zero-order chi connectivity index (χ0) is 14.0. The number of rotatable bonds is 3. The van der Waals surface area contributed by atoms with Gasteiger partial charge in [0, 0.05) is 24.0 Å². The number of nitrogens with one attached hydrogen (secondary N) is 1. The minimum atomic E-state index is -0.137. The molecule has 2 rings (SSSR count). The lowest BCUT2D eigenvalue weighted by Crippen LogP contribution is -2.32. The van der Waals surface area contributed by atoms with E-state index >= 15 is 0 Å². The molecule has 2 aromatic rings. The van der Waals surface area contributed by atoms with Crippen LogP contribution in [0.1, 0.15) is 19.4 Å². The quantitative estimate of drug-likeness (QED) is 0.917. The maximum Gasteiger partial charge on any atom is 0.253 e. The molecule has 0 unspecified atom stereocenters. The van der Waals surface area contributed by atoms with Crippen molar-refractivity contribution in [2.24, 2.45) is 5.92 Å². The van der Waals surface area contributed by atoms with Gasteiger partial charge in [-0.25, -0.2) is 0 Å². The van der Waals surface area contributed by atoms with Crippen molar-refractivity contribution >= 4 is 16.8 Å². The predicted octanol–water partition coefficient (Wildman–Crippen LogP) is 2.14. The standard InChI is InChI=1S/C15H18N2O2/c1-10(2)15(19)17(3)9-12-8-11-6-4-5-7-13(11)16-14(12)18/h4-8,10H,9H2,1-3H3,(H,16,18). The lowest BCUT2D eigenvalue weighted by Gasteiger charge is -2.19. The number of hydrogen-bond donors (Lipinski definition) is 1. The fourth-order valence-electron chi connectivity index (χ4n) is 2.08. The highest BCUT2D eigenvalue weighted by atomic mass is 16.2. The lowest BCUT2D eigenvalue weighted by atomic mass is 10.1. The van der Waals surface area contributed by atoms with E-state index in [-0.39, 0.29) is 17.4 Å². The van der Waals surface area contributed by atoms with Gasteiger partial charge in [0.2, 0.25) is 5.91 Å². The van der Waals surface area contributed by atoms with Crippen LogP contribution in [-0.4, -0.2) is 22.8 Å². The van der Waals surface area contributed by atoms with Gasteiger partial charge in [-0.15, -0.1) is 0 Å². The molecule has 100 valence electrons. The van der Waals surface area contributed by atoms with Crippen LogP contribution in [0.25, 0.3) is 10.9 Å². The van der Waals surface area contributed by atoms with Gasteiger partial charge in [-0.1, -0.05) is 32.0 Å². The van der Waals surface area contributed by atoms with E-state index in [0.29, 0.717) is 12.1 Å². The molecule has 0 saturated carbocycles. The maximum atomic E-state index is 12.0. The van der Waals surface area contributed by atoms with Gasteiger partial charge in [0.1, 0.15) is 0 Å². The topological polar surface area (TPSA) is 53.2 Å². The molecule has 0 radical (unpaired) electrons. The van der Waals surface area contributed by atoms with E-state index in [2.05, 4.69) is 4.98 Å². The molecule has 0 aliphatic rings. The van der Waals surface area contributed by atoms with Crippen molar-refractivity contribution in [3.05, 3.63) is 46.2 Å². The highest BCUT2D eigenvalue weighted by molar-refractivity contribution is 5.79. The molecule has 1 aromatic heterocycles. The molecule has 4 nitrogen and oxygen atoms in total. The van der Waals surface area contributed by atoms with Crippen LogP contribution in [0.3, 0.4) is 0 Å². The molecule has 0 aliphatic heterocycles. The van der Waals surface area contributed by atoms with Crippen molar-refractivity contribution in [3.8, 4) is 0 Å². The van der Waals surface area contributed by atoms with Crippen LogP contribution >= 0.6 is 0 Å². The molecule has 0 saturated heterocycles. The first-order valence-corrected chi connectivity index (χ1v) is 6.35. The number of carbonyl (C=O) groups excluding carboxylic acids is 1. The van der Waals surface area contributed by atoms with Crippen LogP contribution in [0, 0.1) is 5.92 Å². The van der Waals surface area contributed by atoms with Crippen LogP contribution < -0.4 is 5.56 Å². The third-order valence-electron chi connectivity index (χ3n) is 3.11. The van der Waals surface area contributed by atoms with Gasteiger partial charge in [-0.2, -0.15) is 0 Å². The number of aromatic nitrogens is 1. The summed E-state index contributed by atoms with van der Waals surface area (Å²) in [6.07, 6.45) is 0. The van der Waals surface area contributed by atoms with Gasteiger partial charge < -0.3 is 9.88 Å². The van der Waals surface area contributed by atoms with Crippen LogP contribution in [0.2, 0.25) is 0 Å². The first-order chi connectivity index (χ1) is 8.99. The van der Waals surface area contributed by atoms with Crippen molar-refractivity contribution in [2.75, 3.05) is 7.05 Å². The van der Waals surface area contributed by atoms with Crippen molar-refractivity contribution in [2.45, 2.75) is 20.4 Å². The summed E-state index contributed by atoms with van der Waals surface area (Å²) in [4.78, 5) is 28.2. The van der Waals surface area contributed by atoms with Gasteiger partial charge >= 0.3 is 0 Å². The molecular weight excluding hydrogens is 240 g/mol. The van der Waals surface area contributed by atoms with Gasteiger partial charge in [-0.3, -0.25) is 9.59 Å². The average Bonchev–Trinajstić information content (AvgIpc) is 2.38. The average molecular weight is 258 g/mol. The second-order valence-corrected chi connectivity index (χ2v) is 5.06. The fraction of sp³-hybridized carbons (Fsp3) is 0.333. The summed E-state index contributed by atoms with van der Waals surface area (Å²) in [5, 5.41) is 0.975. The number of H-pyrrole nitrogens is 1. The molecule has 0 fully saturated rings. The van der Waals surface area contributed by atoms with E-state index in [1.165, 1.54) is 0 Å². The second kappa shape index (κ2) is 5.26. The maximum absolute atomic E-state index is 12.0. The number of amides is 1. The highest BCUT2D eigenvalue weighted by Crippen LogP contribution is 2.11. The summed E-state index contributed by atoms with van der Waals surface area (Å²) in [5.74, 6) is -0.0305. The molecule has 0 spiro atoms. The summed E-state index contributed by atoms with van der Waals surface area (Å²) in [7, 11) is 1.72. The van der Waals surface area contributed by atoms with E-state index < -0.39 is 0 Å². The van der Waals surface area contributed by atoms with E-state index in [4.69, 9.17) is 0 Å². The van der Waals surface area contributed by atoms with Crippen LogP contribution in [0.15, 0.2) is 35.1 Å². The minimum absolute atomic E-state index is 0.0348. The van der Waals surface area contributed by atoms with Crippen molar-refractivity contribution in [1.82, 2.24) is 9.88 Å². The highest BCUT2D eigenvalue weighted by Gasteiger charge is 2.14. The molecule has 0 aliphatic carbocycles. The van der Waals surface area contributed by atoms with E-state index in [1.807, 2.05) is 44.2 Å². The predicted molar refractivity (Wildman–Crippen MR) is 75.9 cm³/mol. The summed E-state index contributed by atoms with van der Waals surface area (Å²) in [6.45, 7) is 4.03. The zero-order valence-corrected chi connectivity index (χ0v) is 11.4. The molecule has 4 heteroatoms. The van der Waals surface area contributed by atoms with E-state index in [0.717, 1.165) is 10.9 Å². The Hall–Kier alpha value is -2.10. The number of fused-ring (bicyclic) bond motifs is 1. The Labute approximate surface area is 112 Å². The van der Waals surface area contributed by atoms with Crippen molar-refractivity contribution in [3.63, 3.8) is 0 Å². The van der Waals surface area contributed by atoms with Gasteiger partial charge in [0.15, 0.2) is 0 Å². The van der Waals surface area contributed by atoms with E-state index in [9.17, 15) is 9.59 Å². The number of benzene rings is 1. The number of aromatic amines is 1. The van der Waals surface area contributed by atoms with Gasteiger partial charge in [0.05, 0.1) is 6.54 Å². The first kappa shape index (κ1) is 13.3. The number of pyridine rings is 1. The van der Waals surface area contributed by atoms with Crippen LogP contribution in [0.4, 0.5) is 0 Å². The Balaban J connectivity index is 2.33. The number of hydrogen-bond acceptors (Lipinski definition) is 2. The lowest BCUT2D eigenvalue weighted by molar-refractivity contribution is -0.133. The van der Waals surface area contributed by atoms with Crippen LogP contribution in [0.5, 0.6) is 0 Å². The molecule has 1 aromatic carbocycles. The summed E-state index contributed by atoms with van der Waals surface area (Å²) >= 11 is 0. The Morgan fingerprint density at radius 1 is 1.32 bits per heavy atom. The number of nitrogens with zero attached hydrogens (tertiary/aromatic N) is 1. The Morgan fingerprint density at radius 2 is 2.00 bits per heavy atom. The number of para-hydroxylation sites is 1. The summed E-state index contributed by atoms with van der Waals surface area (Å²) in [6, 6.07) is 9.46. The summed E-state index contributed by atoms with van der Waals surface area (Å²) < 4.78 is 0. The minimum Gasteiger partial charge on any atom is -0.341 e. The fourth-order valence-corrected chi connectivity index (χ4v) is 2.08. The van der Waals surface area contributed by atoms with Gasteiger partial charge in [-0.05, 0) is 17.5 Å². The monoisotopic (exact) mass is 258 g/mol. The smallest absolute Gasteiger partial charge is 0.253 e. The van der Waals surface area contributed by atoms with E-state index in [1.54, 1.807) is 11.9 Å². The Kier molecular flexibility index (Phi) is 3.69. The van der Waals surface area contributed by atoms with Crippen molar-refractivity contribution < 1.29 is 4.79 Å². The SMILES string of the molecule is CC(C)C(=O)N(C)Cc1cc2ccccc2[nH]c1=O. The summed E-state index contributed by atoms with van der Waals surface area (Å²) in [5.41, 5.74) is 1.28. The third kappa shape index (κ3) is 2.84. The van der Waals surface area contributed by atoms with Gasteiger partial charge in [0.25, 0.3) is 5.56 Å². The molecule has 1 heterocycles. The molecule has 1 N–H and O–H groups in total. The zero-order valence-electron chi connectivity index (χ0n) is 11.4. The van der Waals surface area contributed by atoms with Crippen LogP contribution in [-0.2, 0) is 11.3 Å². The number of carbonyl (C=O) groups is 1. The molecule has 1 amide bonds. The third-order valence-corrected chi connectivity index (χ3v) is 3.11. The Bertz CT molecular complexity index is 658. The Morgan fingerprint density at radius 3 is 2.68 bits per heavy atom. The molecule has 0 bridgehead atoms. The molecular formula is C15H18N2O2. The second-order valence-electron chi connectivity index (χ2n) is 5.06.